The standard InChI is InChI=1S/C6H11NO2/c1-3-4-6(2,7)5(8)9/h3-4H,7H2,1-2H3,(H,8,9)/t6-/m0/s1. The van der Waals surface area contributed by atoms with Crippen LogP contribution in [0.5, 0.6) is 0 Å². The van der Waals surface area contributed by atoms with Gasteiger partial charge in [0.15, 0.2) is 0 Å². The van der Waals surface area contributed by atoms with E-state index in [0.717, 1.165) is 0 Å². The van der Waals surface area contributed by atoms with E-state index >= 15 is 0 Å². The highest BCUT2D eigenvalue weighted by Gasteiger charge is 2.22. The molecule has 0 rings (SSSR count). The number of carboxylic acid groups (broad SMARTS) is 1. The van der Waals surface area contributed by atoms with Gasteiger partial charge in [0.05, 0.1) is 0 Å². The highest BCUT2D eigenvalue weighted by Crippen LogP contribution is 1.99. The fraction of sp³-hybridized carbons (Fsp3) is 0.500. The first-order chi connectivity index (χ1) is 4.00. The van der Waals surface area contributed by atoms with Crippen LogP contribution in [0.3, 0.4) is 0 Å². The zero-order valence-electron chi connectivity index (χ0n) is 5.59. The van der Waals surface area contributed by atoms with Gasteiger partial charge in [-0.15, -0.1) is 0 Å². The minimum atomic E-state index is -1.21. The van der Waals surface area contributed by atoms with Crippen LogP contribution >= 0.6 is 0 Å². The summed E-state index contributed by atoms with van der Waals surface area (Å²) in [7, 11) is 0. The van der Waals surface area contributed by atoms with Crippen LogP contribution in [0.25, 0.3) is 0 Å². The van der Waals surface area contributed by atoms with E-state index in [2.05, 4.69) is 0 Å². The maximum atomic E-state index is 10.2. The molecule has 3 heteroatoms. The van der Waals surface area contributed by atoms with E-state index in [4.69, 9.17) is 10.8 Å². The van der Waals surface area contributed by atoms with E-state index in [1.807, 2.05) is 0 Å². The normalized spacial score (nSPS) is 17.7. The largest absolute Gasteiger partial charge is 0.480 e. The van der Waals surface area contributed by atoms with Crippen LogP contribution in [-0.2, 0) is 4.79 Å². The number of allylic oxidation sites excluding steroid dienone is 1. The van der Waals surface area contributed by atoms with Gasteiger partial charge in [0.2, 0.25) is 0 Å². The minimum Gasteiger partial charge on any atom is -0.480 e. The molecule has 0 aliphatic heterocycles. The summed E-state index contributed by atoms with van der Waals surface area (Å²) in [6, 6.07) is 0. The van der Waals surface area contributed by atoms with Crippen LogP contribution in [0.1, 0.15) is 13.8 Å². The molecule has 0 unspecified atom stereocenters. The van der Waals surface area contributed by atoms with Crippen molar-refractivity contribution in [3.63, 3.8) is 0 Å². The van der Waals surface area contributed by atoms with Gasteiger partial charge in [-0.25, -0.2) is 4.79 Å². The molecule has 9 heavy (non-hydrogen) atoms. The molecule has 1 atom stereocenters. The molecule has 0 saturated carbocycles. The van der Waals surface area contributed by atoms with Crippen LogP contribution in [0.4, 0.5) is 0 Å². The summed E-state index contributed by atoms with van der Waals surface area (Å²) in [4.78, 5) is 10.2. The molecule has 0 heterocycles. The zero-order valence-corrected chi connectivity index (χ0v) is 5.59. The smallest absolute Gasteiger partial charge is 0.327 e. The molecule has 0 aromatic heterocycles. The van der Waals surface area contributed by atoms with Crippen molar-refractivity contribution in [2.75, 3.05) is 0 Å². The topological polar surface area (TPSA) is 63.3 Å². The second-order valence-corrected chi connectivity index (χ2v) is 2.09. The van der Waals surface area contributed by atoms with E-state index in [9.17, 15) is 4.79 Å². The number of carbonyl (C=O) groups is 1. The maximum Gasteiger partial charge on any atom is 0.327 e. The predicted molar refractivity (Wildman–Crippen MR) is 35.0 cm³/mol. The lowest BCUT2D eigenvalue weighted by atomic mass is 10.0. The van der Waals surface area contributed by atoms with Crippen molar-refractivity contribution in [3.05, 3.63) is 12.2 Å². The van der Waals surface area contributed by atoms with Crippen LogP contribution in [0.15, 0.2) is 12.2 Å². The second kappa shape index (κ2) is 2.64. The van der Waals surface area contributed by atoms with Crippen LogP contribution in [0.2, 0.25) is 0 Å². The Bertz CT molecular complexity index is 138. The van der Waals surface area contributed by atoms with Gasteiger partial charge < -0.3 is 10.8 Å². The Hall–Kier alpha value is -0.830. The van der Waals surface area contributed by atoms with E-state index < -0.39 is 11.5 Å². The molecule has 0 amide bonds. The second-order valence-electron chi connectivity index (χ2n) is 2.09. The van der Waals surface area contributed by atoms with Gasteiger partial charge in [0, 0.05) is 0 Å². The SMILES string of the molecule is CC=C[C@](C)(N)C(=O)O. The molecule has 0 aromatic rings. The molecule has 0 aromatic carbocycles. The average Bonchev–Trinajstić information content (AvgIpc) is 1.65. The van der Waals surface area contributed by atoms with Gasteiger partial charge in [-0.05, 0) is 13.8 Å². The molecule has 0 spiro atoms. The summed E-state index contributed by atoms with van der Waals surface area (Å²) in [5.74, 6) is -1.01. The molecule has 0 radical (unpaired) electrons. The average molecular weight is 129 g/mol. The van der Waals surface area contributed by atoms with E-state index in [1.165, 1.54) is 13.0 Å². The van der Waals surface area contributed by atoms with Crippen molar-refractivity contribution >= 4 is 5.97 Å². The number of hydrogen-bond acceptors (Lipinski definition) is 2. The number of carboxylic acids is 1. The Morgan fingerprint density at radius 3 is 2.33 bits per heavy atom. The van der Waals surface area contributed by atoms with Crippen LogP contribution in [0, 0.1) is 0 Å². The van der Waals surface area contributed by atoms with Gasteiger partial charge in [0.1, 0.15) is 5.54 Å². The summed E-state index contributed by atoms with van der Waals surface area (Å²) < 4.78 is 0. The first-order valence-corrected chi connectivity index (χ1v) is 2.67. The monoisotopic (exact) mass is 129 g/mol. The summed E-state index contributed by atoms with van der Waals surface area (Å²) in [6.07, 6.45) is 3.06. The molecule has 3 nitrogen and oxygen atoms in total. The zero-order chi connectivity index (χ0) is 7.49. The third-order valence-electron chi connectivity index (χ3n) is 0.974. The Kier molecular flexibility index (Phi) is 2.40. The molecule has 0 bridgehead atoms. The van der Waals surface area contributed by atoms with E-state index in [0.29, 0.717) is 0 Å². The van der Waals surface area contributed by atoms with Crippen molar-refractivity contribution in [2.45, 2.75) is 19.4 Å². The van der Waals surface area contributed by atoms with Crippen molar-refractivity contribution in [2.24, 2.45) is 5.73 Å². The number of hydrogen-bond donors (Lipinski definition) is 2. The molecule has 0 fully saturated rings. The quantitative estimate of drug-likeness (QED) is 0.529. The van der Waals surface area contributed by atoms with Crippen molar-refractivity contribution in [1.29, 1.82) is 0 Å². The fourth-order valence-electron chi connectivity index (χ4n) is 0.418. The van der Waals surface area contributed by atoms with Gasteiger partial charge in [-0.3, -0.25) is 0 Å². The summed E-state index contributed by atoms with van der Waals surface area (Å²) in [6.45, 7) is 3.17. The first kappa shape index (κ1) is 8.17. The Labute approximate surface area is 54.2 Å². The highest BCUT2D eigenvalue weighted by molar-refractivity contribution is 5.80. The van der Waals surface area contributed by atoms with Gasteiger partial charge in [-0.2, -0.15) is 0 Å². The van der Waals surface area contributed by atoms with Crippen LogP contribution in [-0.4, -0.2) is 16.6 Å². The summed E-state index contributed by atoms with van der Waals surface area (Å²) in [5.41, 5.74) is 4.07. The lowest BCUT2D eigenvalue weighted by Crippen LogP contribution is -2.42. The Morgan fingerprint density at radius 2 is 2.22 bits per heavy atom. The third kappa shape index (κ3) is 2.28. The molecule has 0 aliphatic carbocycles. The first-order valence-electron chi connectivity index (χ1n) is 2.67. The number of rotatable bonds is 2. The molecule has 52 valence electrons. The maximum absolute atomic E-state index is 10.2. The van der Waals surface area contributed by atoms with Crippen LogP contribution < -0.4 is 5.73 Å². The molecular formula is C6H11NO2. The highest BCUT2D eigenvalue weighted by atomic mass is 16.4. The van der Waals surface area contributed by atoms with Gasteiger partial charge in [-0.1, -0.05) is 12.2 Å². The van der Waals surface area contributed by atoms with Crippen molar-refractivity contribution < 1.29 is 9.90 Å². The summed E-state index contributed by atoms with van der Waals surface area (Å²) in [5, 5.41) is 8.40. The molecule has 0 saturated heterocycles. The lowest BCUT2D eigenvalue weighted by molar-refractivity contribution is -0.140. The molecular weight excluding hydrogens is 118 g/mol. The van der Waals surface area contributed by atoms with Crippen molar-refractivity contribution in [3.8, 4) is 0 Å². The molecule has 0 aliphatic rings. The predicted octanol–water partition coefficient (Wildman–Crippen LogP) is 0.365. The van der Waals surface area contributed by atoms with Gasteiger partial charge in [0.25, 0.3) is 0 Å². The Balaban J connectivity index is 4.19. The van der Waals surface area contributed by atoms with E-state index in [-0.39, 0.29) is 0 Å². The minimum absolute atomic E-state index is 1.01. The van der Waals surface area contributed by atoms with E-state index in [1.54, 1.807) is 13.0 Å². The fourth-order valence-corrected chi connectivity index (χ4v) is 0.418. The number of aliphatic carboxylic acids is 1. The lowest BCUT2D eigenvalue weighted by Gasteiger charge is -2.12. The Morgan fingerprint density at radius 1 is 1.78 bits per heavy atom. The van der Waals surface area contributed by atoms with Crippen molar-refractivity contribution in [1.82, 2.24) is 0 Å². The molecule has 3 N–H and O–H groups in total. The van der Waals surface area contributed by atoms with Gasteiger partial charge >= 0.3 is 5.97 Å². The third-order valence-corrected chi connectivity index (χ3v) is 0.974. The summed E-state index contributed by atoms with van der Waals surface area (Å²) >= 11 is 0. The number of nitrogens with two attached hydrogens (primary N) is 1.